The monoisotopic (exact) mass is 342 g/mol. The Bertz CT molecular complexity index is 708. The number of rotatable bonds is 7. The highest BCUT2D eigenvalue weighted by Crippen LogP contribution is 2.29. The van der Waals surface area contributed by atoms with Crippen molar-refractivity contribution in [3.8, 4) is 11.4 Å². The standard InChI is InChI=1S/C18H22N4O3/c23-17(22(15-3-4-15)11-13-7-9-24-12-13)6-5-16-20-18(21-25-16)14-2-1-8-19-10-14/h1-2,8,10,13,15H,3-7,9,11-12H2/t13-/m0/s1. The van der Waals surface area contributed by atoms with Gasteiger partial charge in [-0.3, -0.25) is 9.78 Å². The Morgan fingerprint density at radius 2 is 2.24 bits per heavy atom. The van der Waals surface area contributed by atoms with Gasteiger partial charge in [0.1, 0.15) is 0 Å². The summed E-state index contributed by atoms with van der Waals surface area (Å²) in [6.07, 6.45) is 7.54. The average Bonchev–Trinajstić information content (AvgIpc) is 3.16. The predicted molar refractivity (Wildman–Crippen MR) is 89.5 cm³/mol. The molecule has 132 valence electrons. The maximum absolute atomic E-state index is 12.6. The summed E-state index contributed by atoms with van der Waals surface area (Å²) < 4.78 is 10.7. The number of hydrogen-bond donors (Lipinski definition) is 0. The van der Waals surface area contributed by atoms with E-state index < -0.39 is 0 Å². The molecular weight excluding hydrogens is 320 g/mol. The average molecular weight is 342 g/mol. The van der Waals surface area contributed by atoms with Crippen molar-refractivity contribution in [3.63, 3.8) is 0 Å². The van der Waals surface area contributed by atoms with Crippen LogP contribution in [0, 0.1) is 5.92 Å². The van der Waals surface area contributed by atoms with Gasteiger partial charge >= 0.3 is 0 Å². The van der Waals surface area contributed by atoms with Gasteiger partial charge in [0.15, 0.2) is 0 Å². The SMILES string of the molecule is O=C(CCc1nc(-c2cccnc2)no1)N(C[C@@H]1CCOC1)C1CC1. The zero-order valence-corrected chi connectivity index (χ0v) is 14.1. The van der Waals surface area contributed by atoms with Gasteiger partial charge in [0.05, 0.1) is 6.61 Å². The molecule has 2 fully saturated rings. The predicted octanol–water partition coefficient (Wildman–Crippen LogP) is 2.09. The van der Waals surface area contributed by atoms with Crippen LogP contribution in [-0.4, -0.2) is 51.7 Å². The molecule has 2 aromatic rings. The topological polar surface area (TPSA) is 81.3 Å². The first kappa shape index (κ1) is 16.2. The Hall–Kier alpha value is -2.28. The van der Waals surface area contributed by atoms with E-state index in [-0.39, 0.29) is 5.91 Å². The number of nitrogens with zero attached hydrogens (tertiary/aromatic N) is 4. The molecule has 0 spiro atoms. The number of aryl methyl sites for hydroxylation is 1. The Kier molecular flexibility index (Phi) is 4.74. The van der Waals surface area contributed by atoms with E-state index in [9.17, 15) is 4.79 Å². The Morgan fingerprint density at radius 1 is 1.32 bits per heavy atom. The maximum Gasteiger partial charge on any atom is 0.227 e. The number of amides is 1. The molecule has 1 amide bonds. The van der Waals surface area contributed by atoms with Crippen LogP contribution in [0.2, 0.25) is 0 Å². The lowest BCUT2D eigenvalue weighted by Gasteiger charge is -2.25. The van der Waals surface area contributed by atoms with Crippen molar-refractivity contribution in [1.82, 2.24) is 20.0 Å². The van der Waals surface area contributed by atoms with Crippen molar-refractivity contribution in [1.29, 1.82) is 0 Å². The number of carbonyl (C=O) groups excluding carboxylic acids is 1. The zero-order valence-electron chi connectivity index (χ0n) is 14.1. The van der Waals surface area contributed by atoms with Gasteiger partial charge in [0.25, 0.3) is 0 Å². The van der Waals surface area contributed by atoms with Crippen LogP contribution in [0.5, 0.6) is 0 Å². The van der Waals surface area contributed by atoms with Crippen molar-refractivity contribution in [2.75, 3.05) is 19.8 Å². The highest BCUT2D eigenvalue weighted by Gasteiger charge is 2.34. The van der Waals surface area contributed by atoms with E-state index in [1.54, 1.807) is 12.4 Å². The van der Waals surface area contributed by atoms with E-state index in [2.05, 4.69) is 15.1 Å². The van der Waals surface area contributed by atoms with Gasteiger partial charge in [0.2, 0.25) is 17.6 Å². The molecular formula is C18H22N4O3. The minimum absolute atomic E-state index is 0.176. The van der Waals surface area contributed by atoms with Crippen LogP contribution >= 0.6 is 0 Å². The number of ether oxygens (including phenoxy) is 1. The summed E-state index contributed by atoms with van der Waals surface area (Å²) in [6.45, 7) is 2.40. The van der Waals surface area contributed by atoms with Crippen LogP contribution in [0.15, 0.2) is 29.0 Å². The van der Waals surface area contributed by atoms with Crippen LogP contribution < -0.4 is 0 Å². The summed E-state index contributed by atoms with van der Waals surface area (Å²) in [5.74, 6) is 1.66. The van der Waals surface area contributed by atoms with Crippen molar-refractivity contribution in [2.24, 2.45) is 5.92 Å². The summed E-state index contributed by atoms with van der Waals surface area (Å²) in [7, 11) is 0. The quantitative estimate of drug-likeness (QED) is 0.766. The van der Waals surface area contributed by atoms with Gasteiger partial charge in [-0.15, -0.1) is 0 Å². The third-order valence-corrected chi connectivity index (χ3v) is 4.73. The van der Waals surface area contributed by atoms with E-state index in [1.165, 1.54) is 0 Å². The Balaban J connectivity index is 1.33. The molecule has 25 heavy (non-hydrogen) atoms. The van der Waals surface area contributed by atoms with Crippen LogP contribution in [-0.2, 0) is 16.0 Å². The van der Waals surface area contributed by atoms with Gasteiger partial charge in [0, 0.05) is 55.9 Å². The molecule has 1 aliphatic carbocycles. The largest absolute Gasteiger partial charge is 0.381 e. The summed E-state index contributed by atoms with van der Waals surface area (Å²) in [5, 5.41) is 3.97. The molecule has 0 aromatic carbocycles. The molecule has 1 saturated carbocycles. The van der Waals surface area contributed by atoms with Crippen LogP contribution in [0.4, 0.5) is 0 Å². The molecule has 4 rings (SSSR count). The lowest BCUT2D eigenvalue weighted by atomic mass is 10.1. The lowest BCUT2D eigenvalue weighted by molar-refractivity contribution is -0.132. The third kappa shape index (κ3) is 4.04. The fourth-order valence-corrected chi connectivity index (χ4v) is 3.17. The van der Waals surface area contributed by atoms with E-state index in [1.807, 2.05) is 17.0 Å². The number of aromatic nitrogens is 3. The maximum atomic E-state index is 12.6. The van der Waals surface area contributed by atoms with Crippen LogP contribution in [0.1, 0.15) is 31.6 Å². The highest BCUT2D eigenvalue weighted by atomic mass is 16.5. The number of hydrogen-bond acceptors (Lipinski definition) is 6. The summed E-state index contributed by atoms with van der Waals surface area (Å²) in [4.78, 5) is 23.1. The van der Waals surface area contributed by atoms with Gasteiger partial charge in [-0.05, 0) is 31.4 Å². The fourth-order valence-electron chi connectivity index (χ4n) is 3.17. The molecule has 0 bridgehead atoms. The molecule has 2 aromatic heterocycles. The Morgan fingerprint density at radius 3 is 2.96 bits per heavy atom. The molecule has 1 atom stereocenters. The molecule has 0 radical (unpaired) electrons. The summed E-state index contributed by atoms with van der Waals surface area (Å²) in [6, 6.07) is 4.13. The van der Waals surface area contributed by atoms with E-state index in [0.29, 0.717) is 36.5 Å². The van der Waals surface area contributed by atoms with Gasteiger partial charge in [-0.2, -0.15) is 4.98 Å². The minimum Gasteiger partial charge on any atom is -0.381 e. The smallest absolute Gasteiger partial charge is 0.227 e. The van der Waals surface area contributed by atoms with Crippen molar-refractivity contribution >= 4 is 5.91 Å². The van der Waals surface area contributed by atoms with Crippen LogP contribution in [0.25, 0.3) is 11.4 Å². The molecule has 3 heterocycles. The number of pyridine rings is 1. The summed E-state index contributed by atoms with van der Waals surface area (Å²) in [5.41, 5.74) is 0.810. The van der Waals surface area contributed by atoms with E-state index >= 15 is 0 Å². The summed E-state index contributed by atoms with van der Waals surface area (Å²) >= 11 is 0. The van der Waals surface area contributed by atoms with Gasteiger partial charge < -0.3 is 14.2 Å². The number of carbonyl (C=O) groups is 1. The first-order valence-electron chi connectivity index (χ1n) is 8.90. The lowest BCUT2D eigenvalue weighted by Crippen LogP contribution is -2.37. The molecule has 1 aliphatic heterocycles. The van der Waals surface area contributed by atoms with Crippen LogP contribution in [0.3, 0.4) is 0 Å². The fraction of sp³-hybridized carbons (Fsp3) is 0.556. The van der Waals surface area contributed by atoms with Gasteiger partial charge in [-0.25, -0.2) is 0 Å². The third-order valence-electron chi connectivity index (χ3n) is 4.73. The molecule has 0 unspecified atom stereocenters. The van der Waals surface area contributed by atoms with E-state index in [4.69, 9.17) is 9.26 Å². The second-order valence-electron chi connectivity index (χ2n) is 6.76. The highest BCUT2D eigenvalue weighted by molar-refractivity contribution is 5.77. The first-order valence-corrected chi connectivity index (χ1v) is 8.90. The van der Waals surface area contributed by atoms with Crippen molar-refractivity contribution < 1.29 is 14.1 Å². The molecule has 1 saturated heterocycles. The minimum atomic E-state index is 0.176. The van der Waals surface area contributed by atoms with E-state index in [0.717, 1.165) is 44.6 Å². The first-order chi connectivity index (χ1) is 12.3. The molecule has 2 aliphatic rings. The van der Waals surface area contributed by atoms with Gasteiger partial charge in [-0.1, -0.05) is 5.16 Å². The Labute approximate surface area is 146 Å². The van der Waals surface area contributed by atoms with Crippen molar-refractivity contribution in [3.05, 3.63) is 30.4 Å². The zero-order chi connectivity index (χ0) is 17.1. The van der Waals surface area contributed by atoms with Crippen molar-refractivity contribution in [2.45, 2.75) is 38.1 Å². The second kappa shape index (κ2) is 7.31. The normalized spacial score (nSPS) is 19.9. The molecule has 0 N–H and O–H groups in total. The molecule has 7 nitrogen and oxygen atoms in total. The second-order valence-corrected chi connectivity index (χ2v) is 6.76. The molecule has 7 heteroatoms.